The highest BCUT2D eigenvalue weighted by Crippen LogP contribution is 2.20. The molecule has 1 N–H and O–H groups in total. The standard InChI is InChI=1S/C16H15Cl2NO4/c1-9-5-13(10(2)23-9)16(21)22-8-15(20)19-7-11-3-4-12(17)6-14(11)18/h3-6H,7-8H2,1-2H3,(H,19,20). The average molecular weight is 356 g/mol. The molecule has 0 bridgehead atoms. The number of carbonyl (C=O) groups is 2. The molecule has 2 rings (SSSR count). The molecule has 23 heavy (non-hydrogen) atoms. The van der Waals surface area contributed by atoms with Crippen molar-refractivity contribution in [1.29, 1.82) is 0 Å². The fourth-order valence-corrected chi connectivity index (χ4v) is 2.43. The highest BCUT2D eigenvalue weighted by molar-refractivity contribution is 6.35. The topological polar surface area (TPSA) is 68.5 Å². The normalized spacial score (nSPS) is 10.4. The van der Waals surface area contributed by atoms with Gasteiger partial charge < -0.3 is 14.5 Å². The Hall–Kier alpha value is -1.98. The molecule has 2 aromatic rings. The Morgan fingerprint density at radius 3 is 2.57 bits per heavy atom. The summed E-state index contributed by atoms with van der Waals surface area (Å²) >= 11 is 11.8. The van der Waals surface area contributed by atoms with Crippen molar-refractivity contribution in [2.24, 2.45) is 0 Å². The van der Waals surface area contributed by atoms with Gasteiger partial charge in [-0.1, -0.05) is 29.3 Å². The molecule has 0 saturated heterocycles. The number of nitrogens with one attached hydrogen (secondary N) is 1. The first-order valence-electron chi connectivity index (χ1n) is 6.81. The summed E-state index contributed by atoms with van der Waals surface area (Å²) in [6, 6.07) is 6.56. The smallest absolute Gasteiger partial charge is 0.342 e. The highest BCUT2D eigenvalue weighted by Gasteiger charge is 2.16. The number of furan rings is 1. The Morgan fingerprint density at radius 1 is 1.22 bits per heavy atom. The quantitative estimate of drug-likeness (QED) is 0.830. The predicted molar refractivity (Wildman–Crippen MR) is 86.8 cm³/mol. The molecule has 0 saturated carbocycles. The van der Waals surface area contributed by atoms with Crippen LogP contribution in [0.1, 0.15) is 27.4 Å². The van der Waals surface area contributed by atoms with Crippen molar-refractivity contribution >= 4 is 35.1 Å². The lowest BCUT2D eigenvalue weighted by molar-refractivity contribution is -0.124. The van der Waals surface area contributed by atoms with E-state index in [0.717, 1.165) is 5.56 Å². The fraction of sp³-hybridized carbons (Fsp3) is 0.250. The van der Waals surface area contributed by atoms with Gasteiger partial charge in [0.2, 0.25) is 0 Å². The zero-order valence-electron chi connectivity index (χ0n) is 12.6. The van der Waals surface area contributed by atoms with E-state index in [1.165, 1.54) is 0 Å². The Bertz CT molecular complexity index is 740. The third-order valence-electron chi connectivity index (χ3n) is 3.09. The zero-order valence-corrected chi connectivity index (χ0v) is 14.1. The monoisotopic (exact) mass is 355 g/mol. The summed E-state index contributed by atoms with van der Waals surface area (Å²) < 4.78 is 10.2. The summed E-state index contributed by atoms with van der Waals surface area (Å²) in [6.07, 6.45) is 0. The van der Waals surface area contributed by atoms with Crippen LogP contribution in [0.2, 0.25) is 10.0 Å². The van der Waals surface area contributed by atoms with E-state index in [1.54, 1.807) is 38.1 Å². The number of ether oxygens (including phenoxy) is 1. The van der Waals surface area contributed by atoms with Crippen molar-refractivity contribution < 1.29 is 18.7 Å². The number of esters is 1. The molecule has 1 aromatic carbocycles. The lowest BCUT2D eigenvalue weighted by atomic mass is 10.2. The first-order chi connectivity index (χ1) is 10.9. The summed E-state index contributed by atoms with van der Waals surface area (Å²) in [5, 5.41) is 3.59. The van der Waals surface area contributed by atoms with Crippen LogP contribution in [0.4, 0.5) is 0 Å². The molecule has 1 aromatic heterocycles. The second-order valence-corrected chi connectivity index (χ2v) is 5.76. The van der Waals surface area contributed by atoms with Gasteiger partial charge in [0.05, 0.1) is 0 Å². The third kappa shape index (κ3) is 4.74. The highest BCUT2D eigenvalue weighted by atomic mass is 35.5. The van der Waals surface area contributed by atoms with Crippen LogP contribution in [-0.2, 0) is 16.1 Å². The van der Waals surface area contributed by atoms with Crippen LogP contribution >= 0.6 is 23.2 Å². The van der Waals surface area contributed by atoms with Gasteiger partial charge in [0.15, 0.2) is 6.61 Å². The van der Waals surface area contributed by atoms with Crippen LogP contribution in [0.15, 0.2) is 28.7 Å². The van der Waals surface area contributed by atoms with Crippen LogP contribution < -0.4 is 5.32 Å². The molecule has 0 aliphatic rings. The van der Waals surface area contributed by atoms with E-state index in [1.807, 2.05) is 0 Å². The number of halogens is 2. The van der Waals surface area contributed by atoms with E-state index >= 15 is 0 Å². The van der Waals surface area contributed by atoms with E-state index in [0.29, 0.717) is 27.1 Å². The number of hydrogen-bond donors (Lipinski definition) is 1. The molecule has 0 aliphatic carbocycles. The van der Waals surface area contributed by atoms with Crippen LogP contribution in [0, 0.1) is 13.8 Å². The maximum Gasteiger partial charge on any atom is 0.342 e. The van der Waals surface area contributed by atoms with Crippen molar-refractivity contribution in [2.75, 3.05) is 6.61 Å². The van der Waals surface area contributed by atoms with E-state index in [-0.39, 0.29) is 13.2 Å². The molecule has 0 atom stereocenters. The van der Waals surface area contributed by atoms with Crippen LogP contribution in [-0.4, -0.2) is 18.5 Å². The summed E-state index contributed by atoms with van der Waals surface area (Å²) in [4.78, 5) is 23.6. The van der Waals surface area contributed by atoms with Gasteiger partial charge in [-0.2, -0.15) is 0 Å². The minimum atomic E-state index is -0.598. The van der Waals surface area contributed by atoms with Crippen LogP contribution in [0.3, 0.4) is 0 Å². The average Bonchev–Trinajstić information content (AvgIpc) is 2.82. The van der Waals surface area contributed by atoms with Gasteiger partial charge in [0, 0.05) is 16.6 Å². The summed E-state index contributed by atoms with van der Waals surface area (Å²) in [6.45, 7) is 3.22. The molecule has 5 nitrogen and oxygen atoms in total. The van der Waals surface area contributed by atoms with E-state index in [4.69, 9.17) is 32.4 Å². The number of aryl methyl sites for hydroxylation is 2. The van der Waals surface area contributed by atoms with Crippen LogP contribution in [0.25, 0.3) is 0 Å². The van der Waals surface area contributed by atoms with E-state index < -0.39 is 11.9 Å². The number of hydrogen-bond acceptors (Lipinski definition) is 4. The molecule has 1 heterocycles. The SMILES string of the molecule is Cc1cc(C(=O)OCC(=O)NCc2ccc(Cl)cc2Cl)c(C)o1. The zero-order chi connectivity index (χ0) is 17.0. The van der Waals surface area contributed by atoms with Crippen molar-refractivity contribution in [1.82, 2.24) is 5.32 Å². The van der Waals surface area contributed by atoms with Crippen molar-refractivity contribution in [3.05, 3.63) is 57.0 Å². The molecule has 0 unspecified atom stereocenters. The van der Waals surface area contributed by atoms with Gasteiger partial charge in [-0.15, -0.1) is 0 Å². The maximum atomic E-state index is 11.9. The van der Waals surface area contributed by atoms with Gasteiger partial charge in [-0.3, -0.25) is 4.79 Å². The number of carbonyl (C=O) groups excluding carboxylic acids is 2. The number of rotatable bonds is 5. The predicted octanol–water partition coefficient (Wildman–Crippen LogP) is 3.68. The molecule has 0 radical (unpaired) electrons. The molecule has 0 aliphatic heterocycles. The van der Waals surface area contributed by atoms with Gasteiger partial charge in [-0.25, -0.2) is 4.79 Å². The Balaban J connectivity index is 1.83. The molecule has 0 fully saturated rings. The molecule has 1 amide bonds. The van der Waals surface area contributed by atoms with Gasteiger partial charge in [0.1, 0.15) is 17.1 Å². The minimum absolute atomic E-state index is 0.218. The van der Waals surface area contributed by atoms with Crippen molar-refractivity contribution in [3.63, 3.8) is 0 Å². The minimum Gasteiger partial charge on any atom is -0.466 e. The number of benzene rings is 1. The second kappa shape index (κ2) is 7.53. The molecule has 122 valence electrons. The van der Waals surface area contributed by atoms with E-state index in [9.17, 15) is 9.59 Å². The largest absolute Gasteiger partial charge is 0.466 e. The van der Waals surface area contributed by atoms with E-state index in [2.05, 4.69) is 5.32 Å². The Kier molecular flexibility index (Phi) is 5.69. The van der Waals surface area contributed by atoms with Gasteiger partial charge in [0.25, 0.3) is 5.91 Å². The Labute approximate surface area is 143 Å². The summed E-state index contributed by atoms with van der Waals surface area (Å²) in [5.41, 5.74) is 1.04. The molecular weight excluding hydrogens is 341 g/mol. The first-order valence-corrected chi connectivity index (χ1v) is 7.57. The third-order valence-corrected chi connectivity index (χ3v) is 3.67. The summed E-state index contributed by atoms with van der Waals surface area (Å²) in [7, 11) is 0. The fourth-order valence-electron chi connectivity index (χ4n) is 1.95. The lowest BCUT2D eigenvalue weighted by Gasteiger charge is -2.08. The molecule has 0 spiro atoms. The second-order valence-electron chi connectivity index (χ2n) is 4.92. The number of amides is 1. The van der Waals surface area contributed by atoms with Gasteiger partial charge >= 0.3 is 5.97 Å². The maximum absolute atomic E-state index is 11.9. The Morgan fingerprint density at radius 2 is 1.96 bits per heavy atom. The van der Waals surface area contributed by atoms with Crippen LogP contribution in [0.5, 0.6) is 0 Å². The van der Waals surface area contributed by atoms with Crippen molar-refractivity contribution in [2.45, 2.75) is 20.4 Å². The molecular formula is C16H15Cl2NO4. The van der Waals surface area contributed by atoms with Crippen molar-refractivity contribution in [3.8, 4) is 0 Å². The lowest BCUT2D eigenvalue weighted by Crippen LogP contribution is -2.28. The van der Waals surface area contributed by atoms with Gasteiger partial charge in [-0.05, 0) is 37.6 Å². The first kappa shape index (κ1) is 17.4. The molecule has 7 heteroatoms. The summed E-state index contributed by atoms with van der Waals surface area (Å²) in [5.74, 6) is 0.0402.